The monoisotopic (exact) mass is 777 g/mol. The van der Waals surface area contributed by atoms with E-state index in [2.05, 4.69) is 182 Å². The fraction of sp³-hybridized carbons (Fsp3) is 0. The number of halogens is 3. The van der Waals surface area contributed by atoms with E-state index >= 15 is 0 Å². The first-order valence-corrected chi connectivity index (χ1v) is 23.9. The van der Waals surface area contributed by atoms with Crippen molar-refractivity contribution in [2.45, 2.75) is 0 Å². The molecular formula is C36H30Cl3NO2P2Ru. The van der Waals surface area contributed by atoms with Crippen molar-refractivity contribution >= 4 is 76.7 Å². The van der Waals surface area contributed by atoms with Crippen LogP contribution >= 0.6 is 44.9 Å². The summed E-state index contributed by atoms with van der Waals surface area (Å²) in [5.74, 6) is 0. The largest absolute Gasteiger partial charge is 0.0622 e. The van der Waals surface area contributed by atoms with Crippen LogP contribution in [0.1, 0.15) is 0 Å². The first kappa shape index (κ1) is 34.9. The minimum atomic E-state index is -3.87. The molecule has 3 nitrogen and oxygen atoms in total. The Morgan fingerprint density at radius 2 is 0.511 bits per heavy atom. The number of rotatable bonds is 7. The van der Waals surface area contributed by atoms with Crippen LogP contribution in [0.25, 0.3) is 0 Å². The van der Waals surface area contributed by atoms with Gasteiger partial charge in [0.1, 0.15) is 0 Å². The number of benzene rings is 6. The van der Waals surface area contributed by atoms with Crippen LogP contribution in [0.4, 0.5) is 0 Å². The molecule has 0 spiro atoms. The molecular weight excluding hydrogens is 748 g/mol. The van der Waals surface area contributed by atoms with Crippen molar-refractivity contribution in [3.8, 4) is 0 Å². The number of hydrogen-bond acceptors (Lipinski definition) is 2. The number of nitrogens with zero attached hydrogens (tertiary/aromatic N) is 1. The third-order valence-electron chi connectivity index (χ3n) is 6.23. The van der Waals surface area contributed by atoms with Gasteiger partial charge in [-0.1, -0.05) is 182 Å². The Balaban J connectivity index is 0.000000170. The van der Waals surface area contributed by atoms with Gasteiger partial charge in [-0.25, -0.2) is 0 Å². The zero-order valence-corrected chi connectivity index (χ0v) is 29.8. The van der Waals surface area contributed by atoms with Gasteiger partial charge in [0.25, 0.3) is 0 Å². The second-order valence-electron chi connectivity index (χ2n) is 9.22. The zero-order chi connectivity index (χ0) is 31.9. The Morgan fingerprint density at radius 3 is 0.622 bits per heavy atom. The van der Waals surface area contributed by atoms with Gasteiger partial charge in [-0.3, -0.25) is 0 Å². The molecule has 0 fully saturated rings. The smallest absolute Gasteiger partial charge is 0.0134 e. The van der Waals surface area contributed by atoms with Crippen molar-refractivity contribution in [3.05, 3.63) is 192 Å². The average Bonchev–Trinajstić information content (AvgIpc) is 3.08. The van der Waals surface area contributed by atoms with E-state index in [0.29, 0.717) is 0 Å². The Bertz CT molecular complexity index is 1400. The quantitative estimate of drug-likeness (QED) is 0.0705. The second-order valence-corrected chi connectivity index (χ2v) is 25.2. The summed E-state index contributed by atoms with van der Waals surface area (Å²) in [6.07, 6.45) is 0. The Labute approximate surface area is 282 Å². The molecule has 0 N–H and O–H groups in total. The minimum absolute atomic E-state index is 0.446. The molecule has 0 aromatic heterocycles. The summed E-state index contributed by atoms with van der Waals surface area (Å²) in [5.41, 5.74) is 0. The van der Waals surface area contributed by atoms with Gasteiger partial charge in [-0.15, -0.1) is 0 Å². The molecule has 0 heterocycles. The predicted octanol–water partition coefficient (Wildman–Crippen LogP) is 8.68. The summed E-state index contributed by atoms with van der Waals surface area (Å²) in [6, 6.07) is 64.7. The van der Waals surface area contributed by atoms with E-state index in [1.807, 2.05) is 0 Å². The fourth-order valence-electron chi connectivity index (χ4n) is 4.36. The van der Waals surface area contributed by atoms with Gasteiger partial charge in [-0.2, -0.15) is 0 Å². The van der Waals surface area contributed by atoms with Crippen molar-refractivity contribution in [2.24, 2.45) is 0 Å². The average molecular weight is 778 g/mol. The van der Waals surface area contributed by atoms with Gasteiger partial charge in [0.2, 0.25) is 0 Å². The molecule has 0 aliphatic heterocycles. The first-order valence-electron chi connectivity index (χ1n) is 13.7. The molecule has 230 valence electrons. The molecule has 6 aromatic carbocycles. The third kappa shape index (κ3) is 11.1. The Morgan fingerprint density at radius 1 is 0.378 bits per heavy atom. The van der Waals surface area contributed by atoms with Crippen LogP contribution in [0.5, 0.6) is 0 Å². The van der Waals surface area contributed by atoms with Crippen LogP contribution in [-0.4, -0.2) is 3.67 Å². The van der Waals surface area contributed by atoms with Crippen molar-refractivity contribution in [2.75, 3.05) is 0 Å². The molecule has 0 bridgehead atoms. The van der Waals surface area contributed by atoms with E-state index in [1.54, 1.807) is 0 Å². The van der Waals surface area contributed by atoms with Gasteiger partial charge in [0.05, 0.1) is 0 Å². The predicted molar refractivity (Wildman–Crippen MR) is 195 cm³/mol. The molecule has 0 aliphatic carbocycles. The normalized spacial score (nSPS) is 11.0. The van der Waals surface area contributed by atoms with Crippen molar-refractivity contribution in [1.29, 1.82) is 0 Å². The van der Waals surface area contributed by atoms with Crippen molar-refractivity contribution in [3.63, 3.8) is 0 Å². The van der Waals surface area contributed by atoms with Crippen LogP contribution in [-0.2, 0) is 12.0 Å². The van der Waals surface area contributed by atoms with Gasteiger partial charge < -0.3 is 0 Å². The van der Waals surface area contributed by atoms with E-state index in [4.69, 9.17) is 29.1 Å². The third-order valence-corrected chi connectivity index (χ3v) is 13.6. The van der Waals surface area contributed by atoms with Crippen molar-refractivity contribution in [1.82, 2.24) is 0 Å². The summed E-state index contributed by atoms with van der Waals surface area (Å²) in [5, 5.41) is 17.9. The SMILES string of the molecule is O=[N+]([O-])[Ru]([Cl])([Cl])[Cl].c1ccc(P(c2ccccc2)c2ccccc2)cc1.c1ccc(P(c2ccccc2)c2ccccc2)cc1. The summed E-state index contributed by atoms with van der Waals surface area (Å²) >= 11 is -3.87. The summed E-state index contributed by atoms with van der Waals surface area (Å²) < 4.78 is -0.846. The molecule has 6 aromatic rings. The summed E-state index contributed by atoms with van der Waals surface area (Å²) in [6.45, 7) is 0. The number of hydrogen-bond donors (Lipinski definition) is 0. The summed E-state index contributed by atoms with van der Waals surface area (Å²) in [4.78, 5) is 9.51. The van der Waals surface area contributed by atoms with Gasteiger partial charge in [-0.05, 0) is 47.7 Å². The fourth-order valence-corrected chi connectivity index (χ4v) is 8.97. The summed E-state index contributed by atoms with van der Waals surface area (Å²) in [7, 11) is 13.7. The minimum Gasteiger partial charge on any atom is -0.0622 e. The van der Waals surface area contributed by atoms with E-state index in [0.717, 1.165) is 0 Å². The molecule has 45 heavy (non-hydrogen) atoms. The zero-order valence-electron chi connectivity index (χ0n) is 24.0. The Hall–Kier alpha value is -2.93. The van der Waals surface area contributed by atoms with Crippen LogP contribution in [0, 0.1) is 10.1 Å². The van der Waals surface area contributed by atoms with Gasteiger partial charge in [0.15, 0.2) is 0 Å². The van der Waals surface area contributed by atoms with Gasteiger partial charge >= 0.3 is 54.9 Å². The molecule has 9 heteroatoms. The standard InChI is InChI=1S/2C18H15P.3ClH.NO2.Ru/c2*1-4-10-16(11-5-1)19(17-12-6-2-7-13-17)18-14-8-3-9-15-18;;;;2-1-3;/h2*1-15H;3*1H;;/q;;;;;;+3/p-3. The van der Waals surface area contributed by atoms with E-state index in [9.17, 15) is 10.1 Å². The van der Waals surface area contributed by atoms with Crippen LogP contribution in [0.15, 0.2) is 182 Å². The van der Waals surface area contributed by atoms with Gasteiger partial charge in [0, 0.05) is 0 Å². The topological polar surface area (TPSA) is 43.1 Å². The van der Waals surface area contributed by atoms with Crippen molar-refractivity contribution < 1.29 is 15.7 Å². The van der Waals surface area contributed by atoms with E-state index in [1.165, 1.54) is 31.8 Å². The molecule has 0 saturated heterocycles. The molecule has 6 rings (SSSR count). The van der Waals surface area contributed by atoms with Crippen LogP contribution < -0.4 is 31.8 Å². The van der Waals surface area contributed by atoms with Crippen LogP contribution in [0.2, 0.25) is 0 Å². The molecule has 0 aliphatic rings. The number of nitro groups is 1. The van der Waals surface area contributed by atoms with E-state index < -0.39 is 31.6 Å². The maximum absolute atomic E-state index is 9.51. The Kier molecular flexibility index (Phi) is 14.2. The van der Waals surface area contributed by atoms with Crippen LogP contribution in [0.3, 0.4) is 0 Å². The maximum atomic E-state index is 9.51. The molecule has 0 amide bonds. The molecule has 0 radical (unpaired) electrons. The molecule has 0 unspecified atom stereocenters. The van der Waals surface area contributed by atoms with E-state index in [-0.39, 0.29) is 0 Å². The molecule has 0 saturated carbocycles. The second kappa shape index (κ2) is 18.3. The maximum Gasteiger partial charge on any atom is -0.0134 e. The molecule has 0 atom stereocenters. The first-order chi connectivity index (χ1) is 21.8.